The van der Waals surface area contributed by atoms with Gasteiger partial charge in [-0.3, -0.25) is 0 Å². The van der Waals surface area contributed by atoms with Crippen LogP contribution in [0.15, 0.2) is 65.1 Å². The Kier molecular flexibility index (Phi) is 6.03. The molecule has 0 unspecified atom stereocenters. The molecule has 1 aromatic heterocycles. The largest absolute Gasteiger partial charge is 0.466 e. The number of nitrogens with zero attached hydrogens (tertiary/aromatic N) is 2. The second kappa shape index (κ2) is 8.93. The number of aryl methyl sites for hydroxylation is 1. The number of benzene rings is 1. The molecule has 6 nitrogen and oxygen atoms in total. The van der Waals surface area contributed by atoms with Crippen LogP contribution >= 0.6 is 15.9 Å². The van der Waals surface area contributed by atoms with E-state index in [0.29, 0.717) is 16.6 Å². The van der Waals surface area contributed by atoms with Crippen molar-refractivity contribution < 1.29 is 19.1 Å². The predicted molar refractivity (Wildman–Crippen MR) is 129 cm³/mol. The molecule has 0 bridgehead atoms. The van der Waals surface area contributed by atoms with Crippen LogP contribution in [0.4, 0.5) is 0 Å². The first kappa shape index (κ1) is 22.3. The number of hydrogen-bond donors (Lipinski definition) is 0. The summed E-state index contributed by atoms with van der Waals surface area (Å²) in [5.74, 6) is -1.41. The van der Waals surface area contributed by atoms with E-state index in [0.717, 1.165) is 38.4 Å². The second-order valence-electron chi connectivity index (χ2n) is 7.29. The minimum absolute atomic E-state index is 0.00144. The van der Waals surface area contributed by atoms with E-state index in [2.05, 4.69) is 22.0 Å². The molecule has 0 amide bonds. The van der Waals surface area contributed by atoms with Crippen LogP contribution in [0.5, 0.6) is 0 Å². The van der Waals surface area contributed by atoms with Gasteiger partial charge in [0.2, 0.25) is 0 Å². The fourth-order valence-electron chi connectivity index (χ4n) is 4.18. The number of nitriles is 1. The number of fused-ring (bicyclic) bond motifs is 3. The Morgan fingerprint density at radius 3 is 2.24 bits per heavy atom. The second-order valence-corrected chi connectivity index (χ2v) is 8.21. The lowest BCUT2D eigenvalue weighted by atomic mass is 10.1. The van der Waals surface area contributed by atoms with Crippen molar-refractivity contribution in [2.45, 2.75) is 6.92 Å². The number of methoxy groups -OCH3 is 2. The van der Waals surface area contributed by atoms with Crippen LogP contribution in [0.1, 0.15) is 17.0 Å². The molecule has 0 radical (unpaired) electrons. The Balaban J connectivity index is 2.26. The summed E-state index contributed by atoms with van der Waals surface area (Å²) in [5, 5.41) is 11.6. The van der Waals surface area contributed by atoms with Crippen molar-refractivity contribution in [2.75, 3.05) is 14.2 Å². The molecule has 33 heavy (non-hydrogen) atoms. The first-order valence-corrected chi connectivity index (χ1v) is 10.8. The molecule has 4 rings (SSSR count). The summed E-state index contributed by atoms with van der Waals surface area (Å²) in [4.78, 5) is 25.1. The minimum Gasteiger partial charge on any atom is -0.466 e. The van der Waals surface area contributed by atoms with Crippen LogP contribution in [0, 0.1) is 18.3 Å². The molecule has 2 aliphatic carbocycles. The number of ether oxygens (including phenoxy) is 2. The van der Waals surface area contributed by atoms with Gasteiger partial charge in [0.05, 0.1) is 31.1 Å². The Morgan fingerprint density at radius 2 is 1.64 bits per heavy atom. The lowest BCUT2D eigenvalue weighted by Crippen LogP contribution is -2.12. The smallest absolute Gasteiger partial charge is 0.340 e. The van der Waals surface area contributed by atoms with Gasteiger partial charge in [0, 0.05) is 38.3 Å². The van der Waals surface area contributed by atoms with Crippen LogP contribution in [0.3, 0.4) is 0 Å². The molecule has 2 aromatic rings. The van der Waals surface area contributed by atoms with Crippen LogP contribution in [-0.4, -0.2) is 30.7 Å². The predicted octanol–water partition coefficient (Wildman–Crippen LogP) is 5.41. The Bertz CT molecular complexity index is 1440. The number of esters is 2. The molecule has 164 valence electrons. The van der Waals surface area contributed by atoms with Gasteiger partial charge in [0.15, 0.2) is 0 Å². The number of rotatable bonds is 4. The third kappa shape index (κ3) is 3.69. The summed E-state index contributed by atoms with van der Waals surface area (Å²) in [7, 11) is 2.48. The summed E-state index contributed by atoms with van der Waals surface area (Å²) < 4.78 is 12.6. The zero-order chi connectivity index (χ0) is 23.7. The maximum atomic E-state index is 12.9. The van der Waals surface area contributed by atoms with E-state index in [1.165, 1.54) is 14.2 Å². The summed E-state index contributed by atoms with van der Waals surface area (Å²) >= 11 is 3.45. The maximum absolute atomic E-state index is 12.9. The van der Waals surface area contributed by atoms with Gasteiger partial charge in [0.1, 0.15) is 6.07 Å². The molecule has 1 aromatic carbocycles. The molecule has 0 fully saturated rings. The van der Waals surface area contributed by atoms with Crippen LogP contribution in [-0.2, 0) is 19.1 Å². The average Bonchev–Trinajstić information content (AvgIpc) is 3.16. The van der Waals surface area contributed by atoms with Gasteiger partial charge in [0.25, 0.3) is 0 Å². The monoisotopic (exact) mass is 502 g/mol. The van der Waals surface area contributed by atoms with Crippen molar-refractivity contribution >= 4 is 44.2 Å². The third-order valence-corrected chi connectivity index (χ3v) is 6.08. The summed E-state index contributed by atoms with van der Waals surface area (Å²) in [6.07, 6.45) is 1.11. The molecule has 1 heterocycles. The number of aromatic nitrogens is 1. The van der Waals surface area contributed by atoms with E-state index in [-0.39, 0.29) is 5.57 Å². The van der Waals surface area contributed by atoms with Gasteiger partial charge in [-0.25, -0.2) is 9.59 Å². The lowest BCUT2D eigenvalue weighted by Gasteiger charge is -2.15. The van der Waals surface area contributed by atoms with Gasteiger partial charge >= 0.3 is 11.9 Å². The molecule has 7 heteroatoms. The van der Waals surface area contributed by atoms with Gasteiger partial charge in [-0.1, -0.05) is 46.3 Å². The van der Waals surface area contributed by atoms with Gasteiger partial charge in [-0.15, -0.1) is 0 Å². The first-order chi connectivity index (χ1) is 15.9. The number of carbonyl (C=O) groups is 2. The third-order valence-electron chi connectivity index (χ3n) is 5.55. The van der Waals surface area contributed by atoms with Crippen LogP contribution in [0.2, 0.25) is 0 Å². The van der Waals surface area contributed by atoms with Crippen molar-refractivity contribution in [3.63, 3.8) is 0 Å². The highest BCUT2D eigenvalue weighted by molar-refractivity contribution is 9.10. The molecule has 0 saturated heterocycles. The first-order valence-electron chi connectivity index (χ1n) is 10.0. The molecule has 0 saturated carbocycles. The summed E-state index contributed by atoms with van der Waals surface area (Å²) in [6.45, 7) is 1.93. The molecule has 0 spiro atoms. The molecule has 0 atom stereocenters. The number of halogens is 1. The quantitative estimate of drug-likeness (QED) is 0.275. The number of hydrogen-bond acceptors (Lipinski definition) is 5. The zero-order valence-electron chi connectivity index (χ0n) is 18.2. The Hall–Kier alpha value is -3.89. The van der Waals surface area contributed by atoms with E-state index in [4.69, 9.17) is 9.47 Å². The Labute approximate surface area is 199 Å². The topological polar surface area (TPSA) is 81.3 Å². The van der Waals surface area contributed by atoms with E-state index in [9.17, 15) is 14.9 Å². The van der Waals surface area contributed by atoms with Crippen molar-refractivity contribution in [1.82, 2.24) is 4.57 Å². The molecular weight excluding hydrogens is 484 g/mol. The molecular formula is C26H19BrN2O4. The summed E-state index contributed by atoms with van der Waals surface area (Å²) in [5.41, 5.74) is 4.05. The highest BCUT2D eigenvalue weighted by atomic mass is 79.9. The molecule has 0 aliphatic heterocycles. The standard InChI is InChI=1S/C26H19BrN2O4/c1-15-23-19-8-6-4-5-7-18(19)21(14-28)24(23)25(20(26(31)33-3)13-22(30)32-2)29(15)17-11-9-16(27)10-12-17/h4-13H,1-3H3/b20-13+. The highest BCUT2D eigenvalue weighted by Gasteiger charge is 2.31. The van der Waals surface area contributed by atoms with E-state index in [1.807, 2.05) is 66.1 Å². The molecule has 0 N–H and O–H groups in total. The molecule has 2 aliphatic rings. The normalized spacial score (nSPS) is 11.4. The minimum atomic E-state index is -0.710. The van der Waals surface area contributed by atoms with Crippen LogP contribution in [0.25, 0.3) is 33.2 Å². The SMILES string of the molecule is COC(=O)/C=C(/C(=O)OC)c1c2c(C#N)c3cccccc-3c2c(C)n1-c1ccc(Br)cc1. The van der Waals surface area contributed by atoms with Gasteiger partial charge < -0.3 is 14.0 Å². The lowest BCUT2D eigenvalue weighted by molar-refractivity contribution is -0.136. The van der Waals surface area contributed by atoms with Crippen molar-refractivity contribution in [3.05, 3.63) is 82.1 Å². The van der Waals surface area contributed by atoms with E-state index < -0.39 is 11.9 Å². The van der Waals surface area contributed by atoms with Crippen molar-refractivity contribution in [1.29, 1.82) is 5.26 Å². The van der Waals surface area contributed by atoms with Crippen molar-refractivity contribution in [2.24, 2.45) is 0 Å². The highest BCUT2D eigenvalue weighted by Crippen LogP contribution is 2.46. The van der Waals surface area contributed by atoms with E-state index in [1.54, 1.807) is 0 Å². The van der Waals surface area contributed by atoms with Gasteiger partial charge in [-0.2, -0.15) is 5.26 Å². The maximum Gasteiger partial charge on any atom is 0.340 e. The van der Waals surface area contributed by atoms with Crippen LogP contribution < -0.4 is 0 Å². The van der Waals surface area contributed by atoms with Gasteiger partial charge in [-0.05, 0) is 36.8 Å². The summed E-state index contributed by atoms with van der Waals surface area (Å²) in [6, 6.07) is 19.4. The Morgan fingerprint density at radius 1 is 0.970 bits per heavy atom. The average molecular weight is 503 g/mol. The van der Waals surface area contributed by atoms with E-state index >= 15 is 0 Å². The fourth-order valence-corrected chi connectivity index (χ4v) is 4.44. The zero-order valence-corrected chi connectivity index (χ0v) is 19.8. The van der Waals surface area contributed by atoms with Crippen molar-refractivity contribution in [3.8, 4) is 22.9 Å². The number of carbonyl (C=O) groups excluding carboxylic acids is 2. The fraction of sp³-hybridized carbons (Fsp3) is 0.115.